The van der Waals surface area contributed by atoms with Gasteiger partial charge in [-0.2, -0.15) is 9.61 Å². The Morgan fingerprint density at radius 2 is 1.71 bits per heavy atom. The molecule has 0 bridgehead atoms. The molecule has 160 valence electrons. The number of piperazine rings is 1. The highest BCUT2D eigenvalue weighted by molar-refractivity contribution is 7.17. The van der Waals surface area contributed by atoms with Crippen molar-refractivity contribution in [2.24, 2.45) is 0 Å². The molecular formula is C23H25N5O2S. The van der Waals surface area contributed by atoms with Crippen molar-refractivity contribution in [2.45, 2.75) is 13.0 Å². The first-order valence-corrected chi connectivity index (χ1v) is 11.2. The van der Waals surface area contributed by atoms with Gasteiger partial charge in [0.05, 0.1) is 18.0 Å². The standard InChI is InChI=1S/C23H25N5O2S/c1-16-3-5-17(6-4-16)20(21-22(29)28-23(31-21)24-15-25-28)27-13-11-26(12-14-27)18-7-9-19(30-2)10-8-18/h3-10,15,20,29H,11-14H2,1-2H3/t20-/m0/s1. The lowest BCUT2D eigenvalue weighted by Crippen LogP contribution is -2.47. The van der Waals surface area contributed by atoms with Crippen LogP contribution in [0.2, 0.25) is 0 Å². The minimum Gasteiger partial charge on any atom is -0.497 e. The summed E-state index contributed by atoms with van der Waals surface area (Å²) >= 11 is 1.50. The molecule has 0 aliphatic carbocycles. The third kappa shape index (κ3) is 3.73. The third-order valence-electron chi connectivity index (χ3n) is 5.90. The molecule has 2 aromatic carbocycles. The van der Waals surface area contributed by atoms with Gasteiger partial charge in [0.2, 0.25) is 10.8 Å². The van der Waals surface area contributed by atoms with Crippen LogP contribution in [0.25, 0.3) is 4.96 Å². The molecular weight excluding hydrogens is 410 g/mol. The fourth-order valence-corrected chi connectivity index (χ4v) is 5.27. The number of nitrogens with zero attached hydrogens (tertiary/aromatic N) is 5. The van der Waals surface area contributed by atoms with E-state index in [1.165, 1.54) is 39.0 Å². The van der Waals surface area contributed by atoms with Gasteiger partial charge in [-0.15, -0.1) is 0 Å². The van der Waals surface area contributed by atoms with Crippen LogP contribution >= 0.6 is 11.3 Å². The van der Waals surface area contributed by atoms with Crippen molar-refractivity contribution in [3.05, 3.63) is 70.9 Å². The van der Waals surface area contributed by atoms with Crippen LogP contribution in [0.3, 0.4) is 0 Å². The summed E-state index contributed by atoms with van der Waals surface area (Å²) in [5.74, 6) is 1.05. The van der Waals surface area contributed by atoms with E-state index < -0.39 is 0 Å². The molecule has 1 atom stereocenters. The van der Waals surface area contributed by atoms with E-state index in [1.807, 2.05) is 12.1 Å². The highest BCUT2D eigenvalue weighted by Gasteiger charge is 2.31. The number of aryl methyl sites for hydroxylation is 1. The van der Waals surface area contributed by atoms with Gasteiger partial charge in [-0.25, -0.2) is 4.98 Å². The third-order valence-corrected chi connectivity index (χ3v) is 6.98. The molecule has 0 amide bonds. The average molecular weight is 436 g/mol. The summed E-state index contributed by atoms with van der Waals surface area (Å²) in [5.41, 5.74) is 3.59. The zero-order valence-corrected chi connectivity index (χ0v) is 18.4. The van der Waals surface area contributed by atoms with Crippen LogP contribution < -0.4 is 9.64 Å². The SMILES string of the molecule is COc1ccc(N2CCN([C@@H](c3ccc(C)cc3)c3sc4ncnn4c3O)CC2)cc1. The summed E-state index contributed by atoms with van der Waals surface area (Å²) in [5, 5.41) is 15.1. The Morgan fingerprint density at radius 1 is 1.00 bits per heavy atom. The van der Waals surface area contributed by atoms with Gasteiger partial charge in [-0.3, -0.25) is 4.90 Å². The molecule has 0 spiro atoms. The Balaban J connectivity index is 1.42. The van der Waals surface area contributed by atoms with Crippen LogP contribution in [0.1, 0.15) is 22.0 Å². The first kappa shape index (κ1) is 19.8. The van der Waals surface area contributed by atoms with E-state index in [9.17, 15) is 5.11 Å². The molecule has 1 aliphatic rings. The zero-order chi connectivity index (χ0) is 21.4. The molecule has 0 unspecified atom stereocenters. The Labute approximate surface area is 185 Å². The van der Waals surface area contributed by atoms with E-state index >= 15 is 0 Å². The second-order valence-electron chi connectivity index (χ2n) is 7.78. The molecule has 4 aromatic rings. The number of ether oxygens (including phenoxy) is 1. The normalized spacial score (nSPS) is 16.0. The molecule has 1 saturated heterocycles. The highest BCUT2D eigenvalue weighted by atomic mass is 32.1. The maximum Gasteiger partial charge on any atom is 0.230 e. The second kappa shape index (κ2) is 8.20. The fraction of sp³-hybridized carbons (Fsp3) is 0.304. The summed E-state index contributed by atoms with van der Waals surface area (Å²) in [6.45, 7) is 5.69. The first-order chi connectivity index (χ1) is 15.1. The van der Waals surface area contributed by atoms with Crippen LogP contribution in [-0.2, 0) is 0 Å². The van der Waals surface area contributed by atoms with Gasteiger partial charge in [0, 0.05) is 31.9 Å². The van der Waals surface area contributed by atoms with E-state index in [2.05, 4.69) is 63.2 Å². The lowest BCUT2D eigenvalue weighted by molar-refractivity contribution is 0.211. The minimum atomic E-state index is -0.0351. The number of aromatic nitrogens is 3. The fourth-order valence-electron chi connectivity index (χ4n) is 4.18. The number of benzene rings is 2. The van der Waals surface area contributed by atoms with Gasteiger partial charge in [-0.1, -0.05) is 41.2 Å². The average Bonchev–Trinajstić information content (AvgIpc) is 3.39. The van der Waals surface area contributed by atoms with E-state index in [4.69, 9.17) is 4.74 Å². The minimum absolute atomic E-state index is 0.0351. The number of hydrogen-bond donors (Lipinski definition) is 1. The van der Waals surface area contributed by atoms with Crippen LogP contribution in [0.4, 0.5) is 5.69 Å². The maximum atomic E-state index is 10.9. The Kier molecular flexibility index (Phi) is 5.25. The summed E-state index contributed by atoms with van der Waals surface area (Å²) in [6.07, 6.45) is 1.48. The summed E-state index contributed by atoms with van der Waals surface area (Å²) in [6, 6.07) is 16.8. The predicted molar refractivity (Wildman–Crippen MR) is 122 cm³/mol. The predicted octanol–water partition coefficient (Wildman–Crippen LogP) is 3.73. The lowest BCUT2D eigenvalue weighted by atomic mass is 10.0. The molecule has 0 saturated carbocycles. The molecule has 8 heteroatoms. The quantitative estimate of drug-likeness (QED) is 0.515. The topological polar surface area (TPSA) is 66.1 Å². The van der Waals surface area contributed by atoms with E-state index in [0.717, 1.165) is 36.8 Å². The Hall–Kier alpha value is -3.10. The number of fused-ring (bicyclic) bond motifs is 1. The van der Waals surface area contributed by atoms with Gasteiger partial charge >= 0.3 is 0 Å². The molecule has 5 rings (SSSR count). The first-order valence-electron chi connectivity index (χ1n) is 10.3. The van der Waals surface area contributed by atoms with Crippen molar-refractivity contribution in [3.8, 4) is 11.6 Å². The number of hydrogen-bond acceptors (Lipinski definition) is 7. The van der Waals surface area contributed by atoms with Gasteiger partial charge in [-0.05, 0) is 36.8 Å². The number of thiazole rings is 1. The van der Waals surface area contributed by atoms with Gasteiger partial charge in [0.1, 0.15) is 12.1 Å². The highest BCUT2D eigenvalue weighted by Crippen LogP contribution is 2.40. The summed E-state index contributed by atoms with van der Waals surface area (Å²) in [4.78, 5) is 10.7. The van der Waals surface area contributed by atoms with Crippen molar-refractivity contribution in [2.75, 3.05) is 38.2 Å². The summed E-state index contributed by atoms with van der Waals surface area (Å²) in [7, 11) is 1.69. The largest absolute Gasteiger partial charge is 0.497 e. The van der Waals surface area contributed by atoms with Crippen LogP contribution in [0.15, 0.2) is 54.9 Å². The van der Waals surface area contributed by atoms with Gasteiger partial charge in [0.15, 0.2) is 0 Å². The van der Waals surface area contributed by atoms with Crippen LogP contribution in [0, 0.1) is 6.92 Å². The lowest BCUT2D eigenvalue weighted by Gasteiger charge is -2.40. The number of methoxy groups -OCH3 is 1. The van der Waals surface area contributed by atoms with Crippen LogP contribution in [-0.4, -0.2) is 57.9 Å². The van der Waals surface area contributed by atoms with E-state index in [1.54, 1.807) is 7.11 Å². The molecule has 0 radical (unpaired) electrons. The number of aromatic hydroxyl groups is 1. The monoisotopic (exact) mass is 435 g/mol. The second-order valence-corrected chi connectivity index (χ2v) is 8.79. The van der Waals surface area contributed by atoms with Crippen molar-refractivity contribution in [1.29, 1.82) is 0 Å². The van der Waals surface area contributed by atoms with Crippen molar-refractivity contribution in [1.82, 2.24) is 19.5 Å². The summed E-state index contributed by atoms with van der Waals surface area (Å²) < 4.78 is 6.80. The zero-order valence-electron chi connectivity index (χ0n) is 17.6. The molecule has 3 heterocycles. The smallest absolute Gasteiger partial charge is 0.230 e. The molecule has 1 fully saturated rings. The molecule has 31 heavy (non-hydrogen) atoms. The maximum absolute atomic E-state index is 10.9. The van der Waals surface area contributed by atoms with E-state index in [0.29, 0.717) is 4.96 Å². The molecule has 1 N–H and O–H groups in total. The molecule has 7 nitrogen and oxygen atoms in total. The van der Waals surface area contributed by atoms with E-state index in [-0.39, 0.29) is 11.9 Å². The van der Waals surface area contributed by atoms with Gasteiger partial charge in [0.25, 0.3) is 0 Å². The van der Waals surface area contributed by atoms with Gasteiger partial charge < -0.3 is 14.7 Å². The van der Waals surface area contributed by atoms with Crippen LogP contribution in [0.5, 0.6) is 11.6 Å². The number of anilines is 1. The Bertz CT molecular complexity index is 1160. The molecule has 1 aliphatic heterocycles. The number of rotatable bonds is 5. The van der Waals surface area contributed by atoms with Crippen molar-refractivity contribution >= 4 is 22.0 Å². The Morgan fingerprint density at radius 3 is 2.35 bits per heavy atom. The van der Waals surface area contributed by atoms with Crippen molar-refractivity contribution < 1.29 is 9.84 Å². The molecule has 2 aromatic heterocycles. The van der Waals surface area contributed by atoms with Crippen molar-refractivity contribution in [3.63, 3.8) is 0 Å².